The predicted molar refractivity (Wildman–Crippen MR) is 119 cm³/mol. The van der Waals surface area contributed by atoms with E-state index in [0.29, 0.717) is 17.9 Å². The van der Waals surface area contributed by atoms with Gasteiger partial charge >= 0.3 is 0 Å². The number of nitrogens with zero attached hydrogens (tertiary/aromatic N) is 1. The molecule has 0 heterocycles. The van der Waals surface area contributed by atoms with Gasteiger partial charge in [-0.1, -0.05) is 31.2 Å². The zero-order valence-corrected chi connectivity index (χ0v) is 18.9. The summed E-state index contributed by atoms with van der Waals surface area (Å²) in [5.41, 5.74) is 0.891. The van der Waals surface area contributed by atoms with Crippen molar-refractivity contribution in [2.75, 3.05) is 20.8 Å². The zero-order valence-electron chi connectivity index (χ0n) is 18.9. The number of hydrogen-bond donors (Lipinski definition) is 1. The molecule has 2 aromatic carbocycles. The molecule has 0 aromatic heterocycles. The Morgan fingerprint density at radius 3 is 2.16 bits per heavy atom. The van der Waals surface area contributed by atoms with Crippen molar-refractivity contribution in [3.05, 3.63) is 54.1 Å². The first-order chi connectivity index (χ1) is 14.9. The summed E-state index contributed by atoms with van der Waals surface area (Å²) in [6.45, 7) is 5.75. The molecule has 0 aliphatic heterocycles. The predicted octanol–water partition coefficient (Wildman–Crippen LogP) is 3.41. The van der Waals surface area contributed by atoms with E-state index in [1.165, 1.54) is 0 Å². The molecule has 7 nitrogen and oxygen atoms in total. The number of hydrogen-bond acceptors (Lipinski definition) is 5. The van der Waals surface area contributed by atoms with Gasteiger partial charge in [0.15, 0.2) is 18.1 Å². The number of carbonyl (C=O) groups is 2. The van der Waals surface area contributed by atoms with Crippen LogP contribution < -0.4 is 19.5 Å². The maximum absolute atomic E-state index is 13.2. The average Bonchev–Trinajstić information content (AvgIpc) is 2.77. The molecule has 2 aromatic rings. The van der Waals surface area contributed by atoms with Crippen LogP contribution in [0.1, 0.15) is 32.8 Å². The van der Waals surface area contributed by atoms with Gasteiger partial charge in [0.05, 0.1) is 14.2 Å². The highest BCUT2D eigenvalue weighted by atomic mass is 16.5. The Bertz CT molecular complexity index is 851. The SMILES string of the molecule is CC[C@H](C(=O)NC(C)C)N(Cc1ccc(OC)cc1)C(=O)COc1ccccc1OC. The number of benzene rings is 2. The van der Waals surface area contributed by atoms with Crippen molar-refractivity contribution < 1.29 is 23.8 Å². The van der Waals surface area contributed by atoms with Gasteiger partial charge in [0.25, 0.3) is 5.91 Å². The number of nitrogens with one attached hydrogen (secondary N) is 1. The molecule has 2 amide bonds. The van der Waals surface area contributed by atoms with Crippen LogP contribution in [-0.2, 0) is 16.1 Å². The van der Waals surface area contributed by atoms with Gasteiger partial charge in [0.2, 0.25) is 5.91 Å². The van der Waals surface area contributed by atoms with E-state index in [1.807, 2.05) is 57.2 Å². The van der Waals surface area contributed by atoms with Crippen molar-refractivity contribution >= 4 is 11.8 Å². The lowest BCUT2D eigenvalue weighted by Gasteiger charge is -2.31. The maximum atomic E-state index is 13.2. The molecule has 0 aliphatic carbocycles. The molecule has 0 unspecified atom stereocenters. The van der Waals surface area contributed by atoms with Gasteiger partial charge < -0.3 is 24.4 Å². The van der Waals surface area contributed by atoms with Gasteiger partial charge in [-0.15, -0.1) is 0 Å². The Labute approximate surface area is 184 Å². The summed E-state index contributed by atoms with van der Waals surface area (Å²) < 4.78 is 16.2. The minimum absolute atomic E-state index is 0.0238. The van der Waals surface area contributed by atoms with E-state index in [0.717, 1.165) is 11.3 Å². The third kappa shape index (κ3) is 6.91. The third-order valence-corrected chi connectivity index (χ3v) is 4.75. The highest BCUT2D eigenvalue weighted by molar-refractivity contribution is 5.88. The lowest BCUT2D eigenvalue weighted by atomic mass is 10.1. The number of ether oxygens (including phenoxy) is 3. The molecule has 2 rings (SSSR count). The molecule has 1 atom stereocenters. The number of amides is 2. The fourth-order valence-electron chi connectivity index (χ4n) is 3.19. The van der Waals surface area contributed by atoms with Crippen molar-refractivity contribution in [1.29, 1.82) is 0 Å². The summed E-state index contributed by atoms with van der Waals surface area (Å²) in [5, 5.41) is 2.91. The fraction of sp³-hybridized carbons (Fsp3) is 0.417. The van der Waals surface area contributed by atoms with E-state index in [9.17, 15) is 9.59 Å². The summed E-state index contributed by atoms with van der Waals surface area (Å²) in [4.78, 5) is 27.6. The van der Waals surface area contributed by atoms with Crippen LogP contribution in [0.25, 0.3) is 0 Å². The van der Waals surface area contributed by atoms with E-state index in [4.69, 9.17) is 14.2 Å². The second kappa shape index (κ2) is 11.8. The van der Waals surface area contributed by atoms with E-state index in [-0.39, 0.29) is 31.0 Å². The van der Waals surface area contributed by atoms with E-state index < -0.39 is 6.04 Å². The first-order valence-electron chi connectivity index (χ1n) is 10.4. The van der Waals surface area contributed by atoms with Crippen molar-refractivity contribution in [2.45, 2.75) is 45.8 Å². The molecular weight excluding hydrogens is 396 g/mol. The molecule has 0 aliphatic rings. The van der Waals surface area contributed by atoms with Crippen LogP contribution in [0.5, 0.6) is 17.2 Å². The Hall–Kier alpha value is -3.22. The topological polar surface area (TPSA) is 77.1 Å². The van der Waals surface area contributed by atoms with Crippen LogP contribution in [0.4, 0.5) is 0 Å². The minimum Gasteiger partial charge on any atom is -0.497 e. The molecule has 168 valence electrons. The number of methoxy groups -OCH3 is 2. The molecule has 0 spiro atoms. The highest BCUT2D eigenvalue weighted by Crippen LogP contribution is 2.26. The molecule has 31 heavy (non-hydrogen) atoms. The third-order valence-electron chi connectivity index (χ3n) is 4.75. The summed E-state index contributed by atoms with van der Waals surface area (Å²) >= 11 is 0. The zero-order chi connectivity index (χ0) is 22.8. The average molecular weight is 429 g/mol. The van der Waals surface area contributed by atoms with Crippen molar-refractivity contribution in [2.24, 2.45) is 0 Å². The second-order valence-electron chi connectivity index (χ2n) is 7.40. The number of para-hydroxylation sites is 2. The van der Waals surface area contributed by atoms with Crippen LogP contribution in [0.3, 0.4) is 0 Å². The Morgan fingerprint density at radius 2 is 1.61 bits per heavy atom. The summed E-state index contributed by atoms with van der Waals surface area (Å²) in [5.74, 6) is 1.28. The fourth-order valence-corrected chi connectivity index (χ4v) is 3.19. The van der Waals surface area contributed by atoms with Crippen LogP contribution in [0.15, 0.2) is 48.5 Å². The van der Waals surface area contributed by atoms with Crippen LogP contribution in [0, 0.1) is 0 Å². The molecule has 0 saturated heterocycles. The Balaban J connectivity index is 2.23. The molecule has 0 bridgehead atoms. The van der Waals surface area contributed by atoms with Crippen LogP contribution in [-0.4, -0.2) is 49.6 Å². The first-order valence-corrected chi connectivity index (χ1v) is 10.4. The highest BCUT2D eigenvalue weighted by Gasteiger charge is 2.29. The molecule has 0 saturated carbocycles. The van der Waals surface area contributed by atoms with Crippen molar-refractivity contribution in [1.82, 2.24) is 10.2 Å². The largest absolute Gasteiger partial charge is 0.497 e. The van der Waals surface area contributed by atoms with E-state index in [2.05, 4.69) is 5.32 Å². The van der Waals surface area contributed by atoms with E-state index in [1.54, 1.807) is 31.3 Å². The van der Waals surface area contributed by atoms with E-state index >= 15 is 0 Å². The Kier molecular flexibility index (Phi) is 9.18. The number of rotatable bonds is 11. The van der Waals surface area contributed by atoms with Crippen LogP contribution >= 0.6 is 0 Å². The van der Waals surface area contributed by atoms with Crippen molar-refractivity contribution in [3.8, 4) is 17.2 Å². The lowest BCUT2D eigenvalue weighted by Crippen LogP contribution is -2.51. The quantitative estimate of drug-likeness (QED) is 0.594. The normalized spacial score (nSPS) is 11.5. The van der Waals surface area contributed by atoms with Gasteiger partial charge in [0, 0.05) is 12.6 Å². The maximum Gasteiger partial charge on any atom is 0.261 e. The molecule has 0 fully saturated rings. The summed E-state index contributed by atoms with van der Waals surface area (Å²) in [6, 6.07) is 13.9. The first kappa shape index (κ1) is 24.1. The smallest absolute Gasteiger partial charge is 0.261 e. The molecular formula is C24H32N2O5. The standard InChI is InChI=1S/C24H32N2O5/c1-6-20(24(28)25-17(2)3)26(15-18-11-13-19(29-4)14-12-18)23(27)16-31-22-10-8-7-9-21(22)30-5/h7-14,17,20H,6,15-16H2,1-5H3,(H,25,28)/t20-/m1/s1. The monoisotopic (exact) mass is 428 g/mol. The van der Waals surface area contributed by atoms with Gasteiger partial charge in [0.1, 0.15) is 11.8 Å². The van der Waals surface area contributed by atoms with Crippen LogP contribution in [0.2, 0.25) is 0 Å². The van der Waals surface area contributed by atoms with Crippen molar-refractivity contribution in [3.63, 3.8) is 0 Å². The molecule has 7 heteroatoms. The van der Waals surface area contributed by atoms with Gasteiger partial charge in [-0.05, 0) is 50.1 Å². The number of carbonyl (C=O) groups excluding carboxylic acids is 2. The molecule has 0 radical (unpaired) electrons. The Morgan fingerprint density at radius 1 is 0.968 bits per heavy atom. The lowest BCUT2D eigenvalue weighted by molar-refractivity contribution is -0.143. The summed E-state index contributed by atoms with van der Waals surface area (Å²) in [7, 11) is 3.15. The molecule has 1 N–H and O–H groups in total. The van der Waals surface area contributed by atoms with Gasteiger partial charge in [-0.25, -0.2) is 0 Å². The van der Waals surface area contributed by atoms with Gasteiger partial charge in [-0.2, -0.15) is 0 Å². The summed E-state index contributed by atoms with van der Waals surface area (Å²) in [6.07, 6.45) is 0.481. The second-order valence-corrected chi connectivity index (χ2v) is 7.40. The van der Waals surface area contributed by atoms with Gasteiger partial charge in [-0.3, -0.25) is 9.59 Å². The minimum atomic E-state index is -0.613.